The van der Waals surface area contributed by atoms with E-state index in [0.29, 0.717) is 11.7 Å². The number of likely N-dealkylation sites (N-methyl/N-ethyl adjacent to an activating group) is 1. The first kappa shape index (κ1) is 18.6. The van der Waals surface area contributed by atoms with Gasteiger partial charge in [-0.3, -0.25) is 4.79 Å². The van der Waals surface area contributed by atoms with E-state index in [2.05, 4.69) is 23.6 Å². The van der Waals surface area contributed by atoms with Gasteiger partial charge in [0.25, 0.3) is 10.0 Å². The summed E-state index contributed by atoms with van der Waals surface area (Å²) in [7, 11) is -0.364. The van der Waals surface area contributed by atoms with Crippen LogP contribution in [0.3, 0.4) is 0 Å². The zero-order valence-electron chi connectivity index (χ0n) is 14.1. The molecule has 0 aromatic carbocycles. The van der Waals surface area contributed by atoms with Crippen molar-refractivity contribution in [3.8, 4) is 0 Å². The predicted molar refractivity (Wildman–Crippen MR) is 84.8 cm³/mol. The average molecular weight is 330 g/mol. The number of carbonyl (C=O) groups is 1. The molecule has 126 valence electrons. The molecule has 0 radical (unpaired) electrons. The van der Waals surface area contributed by atoms with Gasteiger partial charge in [0.15, 0.2) is 5.03 Å². The molecular weight excluding hydrogens is 304 g/mol. The van der Waals surface area contributed by atoms with Crippen LogP contribution in [0.15, 0.2) is 11.2 Å². The van der Waals surface area contributed by atoms with Crippen molar-refractivity contribution in [2.75, 3.05) is 13.6 Å². The van der Waals surface area contributed by atoms with Crippen molar-refractivity contribution in [3.05, 3.63) is 12.0 Å². The molecule has 22 heavy (non-hydrogen) atoms. The number of aryl methyl sites for hydroxylation is 2. The van der Waals surface area contributed by atoms with Crippen LogP contribution in [0, 0.1) is 12.8 Å². The predicted octanol–water partition coefficient (Wildman–Crippen LogP) is 0.900. The lowest BCUT2D eigenvalue weighted by Crippen LogP contribution is -2.42. The Morgan fingerprint density at radius 1 is 1.41 bits per heavy atom. The van der Waals surface area contributed by atoms with E-state index in [0.717, 1.165) is 6.42 Å². The van der Waals surface area contributed by atoms with Crippen molar-refractivity contribution in [2.45, 2.75) is 45.2 Å². The van der Waals surface area contributed by atoms with E-state index in [4.69, 9.17) is 0 Å². The Hall–Kier alpha value is -1.41. The zero-order chi connectivity index (χ0) is 17.1. The molecule has 0 fully saturated rings. The highest BCUT2D eigenvalue weighted by molar-refractivity contribution is 7.89. The van der Waals surface area contributed by atoms with Gasteiger partial charge in [-0.2, -0.15) is 0 Å². The van der Waals surface area contributed by atoms with Gasteiger partial charge >= 0.3 is 0 Å². The molecule has 1 amide bonds. The Balaban J connectivity index is 2.66. The van der Waals surface area contributed by atoms with Gasteiger partial charge in [-0.25, -0.2) is 18.1 Å². The van der Waals surface area contributed by atoms with Gasteiger partial charge < -0.3 is 9.47 Å². The Labute approximate surface area is 132 Å². The highest BCUT2D eigenvalue weighted by atomic mass is 32.2. The van der Waals surface area contributed by atoms with E-state index < -0.39 is 10.0 Å². The Morgan fingerprint density at radius 2 is 2.00 bits per heavy atom. The van der Waals surface area contributed by atoms with E-state index >= 15 is 0 Å². The molecule has 0 spiro atoms. The molecule has 7 nitrogen and oxygen atoms in total. The second-order valence-electron chi connectivity index (χ2n) is 6.05. The van der Waals surface area contributed by atoms with Crippen LogP contribution in [-0.4, -0.2) is 48.4 Å². The summed E-state index contributed by atoms with van der Waals surface area (Å²) in [6.45, 7) is 7.57. The molecular formula is C14H26N4O3S. The van der Waals surface area contributed by atoms with Crippen LogP contribution >= 0.6 is 0 Å². The van der Waals surface area contributed by atoms with Crippen LogP contribution in [0.5, 0.6) is 0 Å². The first-order valence-corrected chi connectivity index (χ1v) is 8.78. The van der Waals surface area contributed by atoms with Gasteiger partial charge in [0.2, 0.25) is 5.91 Å². The minimum atomic E-state index is -3.77. The van der Waals surface area contributed by atoms with Crippen molar-refractivity contribution in [3.63, 3.8) is 0 Å². The third-order valence-corrected chi connectivity index (χ3v) is 4.91. The summed E-state index contributed by atoms with van der Waals surface area (Å²) in [5.74, 6) is 0.803. The number of hydrogen-bond donors (Lipinski definition) is 1. The third-order valence-electron chi connectivity index (χ3n) is 3.64. The van der Waals surface area contributed by atoms with Gasteiger partial charge in [-0.05, 0) is 26.2 Å². The lowest BCUT2D eigenvalue weighted by atomic mass is 10.0. The van der Waals surface area contributed by atoms with E-state index in [1.165, 1.54) is 6.20 Å². The highest BCUT2D eigenvalue weighted by Gasteiger charge is 2.22. The number of carbonyl (C=O) groups excluding carboxylic acids is 1. The molecule has 0 bridgehead atoms. The number of hydrogen-bond acceptors (Lipinski definition) is 4. The molecule has 1 atom stereocenters. The minimum Gasteiger partial charge on any atom is -0.342 e. The maximum Gasteiger partial charge on any atom is 0.260 e. The number of nitrogens with one attached hydrogen (secondary N) is 1. The monoisotopic (exact) mass is 330 g/mol. The Kier molecular flexibility index (Phi) is 6.13. The fourth-order valence-corrected chi connectivity index (χ4v) is 3.11. The lowest BCUT2D eigenvalue weighted by Gasteiger charge is -2.26. The van der Waals surface area contributed by atoms with Crippen molar-refractivity contribution in [2.24, 2.45) is 13.0 Å². The second-order valence-corrected chi connectivity index (χ2v) is 7.76. The Bertz CT molecular complexity index is 603. The van der Waals surface area contributed by atoms with Gasteiger partial charge in [-0.1, -0.05) is 13.8 Å². The molecule has 1 heterocycles. The van der Waals surface area contributed by atoms with Crippen LogP contribution in [0.25, 0.3) is 0 Å². The van der Waals surface area contributed by atoms with Crippen LogP contribution < -0.4 is 4.72 Å². The fraction of sp³-hybridized carbons (Fsp3) is 0.714. The number of amides is 1. The van der Waals surface area contributed by atoms with Crippen LogP contribution in [0.2, 0.25) is 0 Å². The maximum atomic E-state index is 12.1. The van der Waals surface area contributed by atoms with E-state index in [1.807, 2.05) is 6.92 Å². The van der Waals surface area contributed by atoms with Crippen LogP contribution in [0.1, 0.15) is 33.0 Å². The number of sulfonamides is 1. The van der Waals surface area contributed by atoms with Crippen molar-refractivity contribution < 1.29 is 13.2 Å². The molecule has 8 heteroatoms. The summed E-state index contributed by atoms with van der Waals surface area (Å²) in [6.07, 6.45) is 2.29. The van der Waals surface area contributed by atoms with Gasteiger partial charge in [0.1, 0.15) is 5.82 Å². The fourth-order valence-electron chi connectivity index (χ4n) is 2.10. The molecule has 1 rings (SSSR count). The highest BCUT2D eigenvalue weighted by Crippen LogP contribution is 2.10. The summed E-state index contributed by atoms with van der Waals surface area (Å²) in [5, 5.41) is -0.0711. The van der Waals surface area contributed by atoms with E-state index in [1.54, 1.807) is 30.5 Å². The largest absolute Gasteiger partial charge is 0.342 e. The third kappa shape index (κ3) is 4.81. The van der Waals surface area contributed by atoms with Gasteiger partial charge in [-0.15, -0.1) is 0 Å². The number of rotatable bonds is 7. The molecule has 0 saturated carbocycles. The summed E-state index contributed by atoms with van der Waals surface area (Å²) >= 11 is 0. The molecule has 0 unspecified atom stereocenters. The number of imidazole rings is 1. The first-order chi connectivity index (χ1) is 10.0. The topological polar surface area (TPSA) is 84.3 Å². The normalized spacial score (nSPS) is 13.4. The first-order valence-electron chi connectivity index (χ1n) is 7.30. The average Bonchev–Trinajstić information content (AvgIpc) is 2.75. The number of aromatic nitrogens is 2. The summed E-state index contributed by atoms with van der Waals surface area (Å²) < 4.78 is 28.2. The van der Waals surface area contributed by atoms with Gasteiger partial charge in [0, 0.05) is 26.3 Å². The smallest absolute Gasteiger partial charge is 0.260 e. The van der Waals surface area contributed by atoms with Crippen molar-refractivity contribution in [1.82, 2.24) is 19.2 Å². The molecule has 0 aliphatic heterocycles. The van der Waals surface area contributed by atoms with E-state index in [9.17, 15) is 13.2 Å². The molecule has 1 aromatic rings. The van der Waals surface area contributed by atoms with E-state index in [-0.39, 0.29) is 23.5 Å². The zero-order valence-corrected chi connectivity index (χ0v) is 14.9. The van der Waals surface area contributed by atoms with Gasteiger partial charge in [0.05, 0.1) is 6.54 Å². The summed E-state index contributed by atoms with van der Waals surface area (Å²) in [6, 6.07) is 0.0640. The molecule has 0 aliphatic rings. The quantitative estimate of drug-likeness (QED) is 0.805. The number of nitrogens with zero attached hydrogens (tertiary/aromatic N) is 3. The molecule has 0 saturated heterocycles. The van der Waals surface area contributed by atoms with Crippen LogP contribution in [0.4, 0.5) is 0 Å². The SMILES string of the molecule is Cc1nc(S(=O)(=O)NCC(=O)N(C)[C@H](C)CC(C)C)cn1C. The second kappa shape index (κ2) is 7.23. The van der Waals surface area contributed by atoms with Crippen molar-refractivity contribution >= 4 is 15.9 Å². The summed E-state index contributed by atoms with van der Waals surface area (Å²) in [5.41, 5.74) is 0. The lowest BCUT2D eigenvalue weighted by molar-refractivity contribution is -0.130. The summed E-state index contributed by atoms with van der Waals surface area (Å²) in [4.78, 5) is 17.6. The molecule has 1 aromatic heterocycles. The molecule has 1 N–H and O–H groups in total. The van der Waals surface area contributed by atoms with Crippen LogP contribution in [-0.2, 0) is 21.9 Å². The molecule has 0 aliphatic carbocycles. The Morgan fingerprint density at radius 3 is 2.45 bits per heavy atom. The van der Waals surface area contributed by atoms with Crippen molar-refractivity contribution in [1.29, 1.82) is 0 Å². The standard InChI is InChI=1S/C14H26N4O3S/c1-10(2)7-11(3)18(6)14(19)8-15-22(20,21)13-9-17(5)12(4)16-13/h9-11,15H,7-8H2,1-6H3/t11-/m1/s1. The maximum absolute atomic E-state index is 12.1. The minimum absolute atomic E-state index is 0.0640.